The Morgan fingerprint density at radius 3 is 2.46 bits per heavy atom. The molecule has 0 aromatic rings. The topological polar surface area (TPSA) is 38.7 Å². The highest BCUT2D eigenvalue weighted by atomic mass is 16.7. The van der Waals surface area contributed by atoms with Crippen LogP contribution in [0.3, 0.4) is 0 Å². The number of rotatable bonds is 8. The van der Waals surface area contributed by atoms with Crippen LogP contribution in [0.15, 0.2) is 0 Å². The second kappa shape index (κ2) is 8.54. The summed E-state index contributed by atoms with van der Waals surface area (Å²) in [6, 6.07) is 0. The summed E-state index contributed by atoms with van der Waals surface area (Å²) in [4.78, 5) is 0. The predicted molar refractivity (Wildman–Crippen MR) is 54.3 cm³/mol. The van der Waals surface area contributed by atoms with E-state index in [0.717, 1.165) is 12.8 Å². The molecule has 0 rings (SSSR count). The molecule has 0 saturated heterocycles. The van der Waals surface area contributed by atoms with Gasteiger partial charge in [0, 0.05) is 12.7 Å². The first-order valence-corrected chi connectivity index (χ1v) is 5.12. The van der Waals surface area contributed by atoms with Crippen LogP contribution >= 0.6 is 0 Å². The van der Waals surface area contributed by atoms with Crippen molar-refractivity contribution in [2.75, 3.05) is 6.61 Å². The smallest absolute Gasteiger partial charge is 0.402 e. The quantitative estimate of drug-likeness (QED) is 0.467. The third-order valence-electron chi connectivity index (χ3n) is 1.65. The van der Waals surface area contributed by atoms with Crippen molar-refractivity contribution in [3.63, 3.8) is 0 Å². The minimum absolute atomic E-state index is 0.00522. The maximum atomic E-state index is 9.13. The Bertz CT molecular complexity index is 109. The van der Waals surface area contributed by atoms with Gasteiger partial charge >= 0.3 is 7.32 Å². The van der Waals surface area contributed by atoms with Crippen molar-refractivity contribution in [1.82, 2.24) is 0 Å². The van der Waals surface area contributed by atoms with Crippen LogP contribution in [-0.4, -0.2) is 25.1 Å². The summed E-state index contributed by atoms with van der Waals surface area (Å²) < 4.78 is 10.0. The molecule has 0 fully saturated rings. The van der Waals surface area contributed by atoms with Crippen molar-refractivity contribution in [2.45, 2.75) is 52.6 Å². The van der Waals surface area contributed by atoms with Crippen LogP contribution in [0.2, 0.25) is 0 Å². The van der Waals surface area contributed by atoms with Gasteiger partial charge in [0.05, 0.1) is 0 Å². The molecule has 0 spiro atoms. The van der Waals surface area contributed by atoms with E-state index in [2.05, 4.69) is 6.92 Å². The van der Waals surface area contributed by atoms with Gasteiger partial charge in [0.15, 0.2) is 0 Å². The lowest BCUT2D eigenvalue weighted by molar-refractivity contribution is 0.101. The molecule has 0 bridgehead atoms. The van der Waals surface area contributed by atoms with E-state index in [1.165, 1.54) is 12.8 Å². The zero-order chi connectivity index (χ0) is 10.1. The van der Waals surface area contributed by atoms with Gasteiger partial charge in [0.25, 0.3) is 0 Å². The normalized spacial score (nSPS) is 10.8. The first-order chi connectivity index (χ1) is 6.16. The van der Waals surface area contributed by atoms with Crippen molar-refractivity contribution in [3.8, 4) is 0 Å². The van der Waals surface area contributed by atoms with Crippen LogP contribution in [0.5, 0.6) is 0 Å². The van der Waals surface area contributed by atoms with Gasteiger partial charge < -0.3 is 14.3 Å². The standard InChI is InChI=1S/C9H21BO3/c1-4-5-6-7-8-12-10(11)13-9(2)3/h9,11H,4-8H2,1-3H3. The minimum Gasteiger partial charge on any atom is -0.402 e. The highest BCUT2D eigenvalue weighted by Crippen LogP contribution is 2.00. The summed E-state index contributed by atoms with van der Waals surface area (Å²) in [6.45, 7) is 6.47. The van der Waals surface area contributed by atoms with Gasteiger partial charge in [-0.3, -0.25) is 0 Å². The third-order valence-corrected chi connectivity index (χ3v) is 1.65. The van der Waals surface area contributed by atoms with Crippen LogP contribution in [0.1, 0.15) is 46.5 Å². The largest absolute Gasteiger partial charge is 0.636 e. The second-order valence-corrected chi connectivity index (χ2v) is 3.42. The summed E-state index contributed by atoms with van der Waals surface area (Å²) in [5, 5.41) is 9.13. The molecule has 0 aliphatic carbocycles. The Morgan fingerprint density at radius 2 is 1.92 bits per heavy atom. The third kappa shape index (κ3) is 9.86. The molecule has 0 unspecified atom stereocenters. The Morgan fingerprint density at radius 1 is 1.23 bits per heavy atom. The Balaban J connectivity index is 3.12. The van der Waals surface area contributed by atoms with Crippen molar-refractivity contribution < 1.29 is 14.3 Å². The van der Waals surface area contributed by atoms with Crippen LogP contribution in [0.25, 0.3) is 0 Å². The molecular weight excluding hydrogens is 167 g/mol. The Kier molecular flexibility index (Phi) is 8.50. The number of hydrogen-bond acceptors (Lipinski definition) is 3. The van der Waals surface area contributed by atoms with Crippen LogP contribution < -0.4 is 0 Å². The maximum absolute atomic E-state index is 9.13. The average molecular weight is 188 g/mol. The number of hydrogen-bond donors (Lipinski definition) is 1. The molecule has 4 heteroatoms. The molecule has 0 aliphatic rings. The lowest BCUT2D eigenvalue weighted by Crippen LogP contribution is -2.26. The average Bonchev–Trinajstić information content (AvgIpc) is 2.02. The van der Waals surface area contributed by atoms with E-state index in [-0.39, 0.29) is 6.10 Å². The molecule has 3 nitrogen and oxygen atoms in total. The van der Waals surface area contributed by atoms with Crippen LogP contribution in [0, 0.1) is 0 Å². The molecule has 0 heterocycles. The van der Waals surface area contributed by atoms with Crippen molar-refractivity contribution in [2.24, 2.45) is 0 Å². The zero-order valence-corrected chi connectivity index (χ0v) is 8.95. The molecule has 0 atom stereocenters. The lowest BCUT2D eigenvalue weighted by Gasteiger charge is -2.10. The Labute approximate surface area is 81.6 Å². The molecular formula is C9H21BO3. The summed E-state index contributed by atoms with van der Waals surface area (Å²) in [5.74, 6) is 0. The van der Waals surface area contributed by atoms with E-state index in [1.807, 2.05) is 13.8 Å². The van der Waals surface area contributed by atoms with E-state index in [4.69, 9.17) is 14.3 Å². The monoisotopic (exact) mass is 188 g/mol. The van der Waals surface area contributed by atoms with Gasteiger partial charge in [0.1, 0.15) is 0 Å². The highest BCUT2D eigenvalue weighted by Gasteiger charge is 2.16. The predicted octanol–water partition coefficient (Wildman–Crippen LogP) is 1.99. The fourth-order valence-corrected chi connectivity index (χ4v) is 0.985. The molecule has 13 heavy (non-hydrogen) atoms. The van der Waals surface area contributed by atoms with Gasteiger partial charge in [-0.15, -0.1) is 0 Å². The molecule has 0 radical (unpaired) electrons. The first kappa shape index (κ1) is 12.9. The van der Waals surface area contributed by atoms with E-state index < -0.39 is 7.32 Å². The van der Waals surface area contributed by atoms with Crippen LogP contribution in [-0.2, 0) is 9.31 Å². The first-order valence-electron chi connectivity index (χ1n) is 5.12. The summed E-state index contributed by atoms with van der Waals surface area (Å²) in [5.41, 5.74) is 0. The van der Waals surface area contributed by atoms with Gasteiger partial charge in [0.2, 0.25) is 0 Å². The molecule has 0 aromatic carbocycles. The van der Waals surface area contributed by atoms with Gasteiger partial charge in [-0.1, -0.05) is 26.2 Å². The highest BCUT2D eigenvalue weighted by molar-refractivity contribution is 6.34. The molecule has 0 aliphatic heterocycles. The lowest BCUT2D eigenvalue weighted by atomic mass is 10.2. The van der Waals surface area contributed by atoms with E-state index >= 15 is 0 Å². The summed E-state index contributed by atoms with van der Waals surface area (Å²) in [6.07, 6.45) is 4.60. The fraction of sp³-hybridized carbons (Fsp3) is 1.00. The van der Waals surface area contributed by atoms with E-state index in [9.17, 15) is 0 Å². The molecule has 0 amide bonds. The Hall–Kier alpha value is -0.0551. The second-order valence-electron chi connectivity index (χ2n) is 3.42. The molecule has 78 valence electrons. The van der Waals surface area contributed by atoms with Gasteiger partial charge in [-0.25, -0.2) is 0 Å². The zero-order valence-electron chi connectivity index (χ0n) is 8.95. The molecule has 0 aromatic heterocycles. The SMILES string of the molecule is CCCCCCOB(O)OC(C)C. The summed E-state index contributed by atoms with van der Waals surface area (Å²) >= 11 is 0. The van der Waals surface area contributed by atoms with Gasteiger partial charge in [-0.05, 0) is 20.3 Å². The van der Waals surface area contributed by atoms with Crippen molar-refractivity contribution in [3.05, 3.63) is 0 Å². The minimum atomic E-state index is -1.05. The van der Waals surface area contributed by atoms with Gasteiger partial charge in [-0.2, -0.15) is 0 Å². The molecule has 0 saturated carbocycles. The fourth-order valence-electron chi connectivity index (χ4n) is 0.985. The van der Waals surface area contributed by atoms with Crippen molar-refractivity contribution >= 4 is 7.32 Å². The maximum Gasteiger partial charge on any atom is 0.636 e. The molecule has 1 N–H and O–H groups in total. The summed E-state index contributed by atoms with van der Waals surface area (Å²) in [7, 11) is -1.05. The van der Waals surface area contributed by atoms with E-state index in [1.54, 1.807) is 0 Å². The van der Waals surface area contributed by atoms with E-state index in [0.29, 0.717) is 6.61 Å². The number of unbranched alkanes of at least 4 members (excludes halogenated alkanes) is 3. The van der Waals surface area contributed by atoms with Crippen molar-refractivity contribution in [1.29, 1.82) is 0 Å². The van der Waals surface area contributed by atoms with Crippen LogP contribution in [0.4, 0.5) is 0 Å².